The number of nitrogens with one attached hydrogen (secondary N) is 2. The molecule has 0 spiro atoms. The van der Waals surface area contributed by atoms with Crippen molar-refractivity contribution in [3.05, 3.63) is 77.6 Å². The number of benzene rings is 2. The minimum absolute atomic E-state index is 0.235. The van der Waals surface area contributed by atoms with E-state index in [1.54, 1.807) is 12.3 Å². The van der Waals surface area contributed by atoms with Crippen LogP contribution in [0.3, 0.4) is 0 Å². The van der Waals surface area contributed by atoms with Gasteiger partial charge in [-0.15, -0.1) is 0 Å². The van der Waals surface area contributed by atoms with Crippen molar-refractivity contribution in [1.82, 2.24) is 4.98 Å². The molecule has 1 aromatic heterocycles. The minimum Gasteiger partial charge on any atom is -0.454 e. The smallest absolute Gasteiger partial charge is 0.274 e. The van der Waals surface area contributed by atoms with Crippen LogP contribution in [0.2, 0.25) is 0 Å². The zero-order valence-electron chi connectivity index (χ0n) is 14.9. The van der Waals surface area contributed by atoms with Gasteiger partial charge < -0.3 is 20.1 Å². The summed E-state index contributed by atoms with van der Waals surface area (Å²) in [7, 11) is 0. The summed E-state index contributed by atoms with van der Waals surface area (Å²) in [6, 6.07) is 17.0. The second kappa shape index (κ2) is 7.37. The molecule has 2 heterocycles. The van der Waals surface area contributed by atoms with Crippen molar-refractivity contribution in [3.63, 3.8) is 0 Å². The first kappa shape index (κ1) is 16.9. The van der Waals surface area contributed by atoms with Crippen molar-refractivity contribution in [2.75, 3.05) is 17.4 Å². The van der Waals surface area contributed by atoms with Crippen molar-refractivity contribution in [2.24, 2.45) is 0 Å². The minimum atomic E-state index is -0.235. The van der Waals surface area contributed by atoms with Gasteiger partial charge in [0, 0.05) is 12.2 Å². The highest BCUT2D eigenvalue weighted by Gasteiger charge is 2.13. The highest BCUT2D eigenvalue weighted by atomic mass is 16.7. The van der Waals surface area contributed by atoms with E-state index >= 15 is 0 Å². The summed E-state index contributed by atoms with van der Waals surface area (Å²) < 4.78 is 10.7. The van der Waals surface area contributed by atoms with Gasteiger partial charge in [0.2, 0.25) is 6.79 Å². The largest absolute Gasteiger partial charge is 0.454 e. The van der Waals surface area contributed by atoms with Crippen LogP contribution in [-0.4, -0.2) is 17.7 Å². The Morgan fingerprint density at radius 3 is 2.56 bits per heavy atom. The SMILES string of the molecule is Cc1ccc(NC(=O)c2ccc(NCc3ccc4c(c3)OCO4)cn2)cc1. The molecule has 136 valence electrons. The molecule has 0 atom stereocenters. The zero-order chi connectivity index (χ0) is 18.6. The van der Waals surface area contributed by atoms with Gasteiger partial charge in [-0.2, -0.15) is 0 Å². The number of amides is 1. The molecule has 0 radical (unpaired) electrons. The van der Waals surface area contributed by atoms with Crippen LogP contribution in [-0.2, 0) is 6.54 Å². The molecule has 4 rings (SSSR count). The van der Waals surface area contributed by atoms with Crippen molar-refractivity contribution in [2.45, 2.75) is 13.5 Å². The van der Waals surface area contributed by atoms with Crippen LogP contribution in [0.25, 0.3) is 0 Å². The molecule has 0 bridgehead atoms. The number of carbonyl (C=O) groups is 1. The molecular weight excluding hydrogens is 342 g/mol. The lowest BCUT2D eigenvalue weighted by molar-refractivity contribution is 0.102. The van der Waals surface area contributed by atoms with Gasteiger partial charge in [0.05, 0.1) is 11.9 Å². The molecule has 0 fully saturated rings. The van der Waals surface area contributed by atoms with E-state index in [0.29, 0.717) is 12.2 Å². The number of aryl methyl sites for hydroxylation is 1. The van der Waals surface area contributed by atoms with Crippen LogP contribution in [0.5, 0.6) is 11.5 Å². The molecule has 27 heavy (non-hydrogen) atoms. The third kappa shape index (κ3) is 4.00. The number of rotatable bonds is 5. The van der Waals surface area contributed by atoms with Crippen LogP contribution in [0, 0.1) is 6.92 Å². The van der Waals surface area contributed by atoms with Gasteiger partial charge in [0.1, 0.15) is 5.69 Å². The quantitative estimate of drug-likeness (QED) is 0.719. The topological polar surface area (TPSA) is 72.5 Å². The summed E-state index contributed by atoms with van der Waals surface area (Å²) in [4.78, 5) is 16.5. The maximum Gasteiger partial charge on any atom is 0.274 e. The van der Waals surface area contributed by atoms with E-state index in [4.69, 9.17) is 9.47 Å². The number of pyridine rings is 1. The van der Waals surface area contributed by atoms with Crippen LogP contribution < -0.4 is 20.1 Å². The van der Waals surface area contributed by atoms with Crippen LogP contribution in [0.1, 0.15) is 21.6 Å². The summed E-state index contributed by atoms with van der Waals surface area (Å²) in [5, 5.41) is 6.12. The summed E-state index contributed by atoms with van der Waals surface area (Å²) in [6.45, 7) is 2.89. The Morgan fingerprint density at radius 2 is 1.78 bits per heavy atom. The highest BCUT2D eigenvalue weighted by Crippen LogP contribution is 2.32. The average Bonchev–Trinajstić information content (AvgIpc) is 3.16. The third-order valence-electron chi connectivity index (χ3n) is 4.24. The van der Waals surface area contributed by atoms with Crippen molar-refractivity contribution in [1.29, 1.82) is 0 Å². The Hall–Kier alpha value is -3.54. The molecule has 0 saturated heterocycles. The van der Waals surface area contributed by atoms with Gasteiger partial charge in [0.25, 0.3) is 5.91 Å². The predicted octanol–water partition coefficient (Wildman–Crippen LogP) is 3.98. The fourth-order valence-electron chi connectivity index (χ4n) is 2.72. The molecule has 0 unspecified atom stereocenters. The summed E-state index contributed by atoms with van der Waals surface area (Å²) in [5.74, 6) is 1.29. The fourth-order valence-corrected chi connectivity index (χ4v) is 2.72. The molecule has 1 amide bonds. The van der Waals surface area contributed by atoms with E-state index in [2.05, 4.69) is 15.6 Å². The average molecular weight is 361 g/mol. The third-order valence-corrected chi connectivity index (χ3v) is 4.24. The van der Waals surface area contributed by atoms with Crippen molar-refractivity contribution in [3.8, 4) is 11.5 Å². The van der Waals surface area contributed by atoms with Gasteiger partial charge >= 0.3 is 0 Å². The Bertz CT molecular complexity index is 953. The molecule has 2 aromatic carbocycles. The number of aromatic nitrogens is 1. The summed E-state index contributed by atoms with van der Waals surface area (Å²) in [5.41, 5.74) is 4.16. The first-order valence-corrected chi connectivity index (χ1v) is 8.64. The maximum atomic E-state index is 12.3. The number of nitrogens with zero attached hydrogens (tertiary/aromatic N) is 1. The molecule has 3 aromatic rings. The molecule has 1 aliphatic rings. The van der Waals surface area contributed by atoms with Gasteiger partial charge in [0.15, 0.2) is 11.5 Å². The number of hydrogen-bond acceptors (Lipinski definition) is 5. The van der Waals surface area contributed by atoms with E-state index in [9.17, 15) is 4.79 Å². The Kier molecular flexibility index (Phi) is 4.61. The van der Waals surface area contributed by atoms with Crippen molar-refractivity contribution >= 4 is 17.3 Å². The normalized spacial score (nSPS) is 11.9. The Morgan fingerprint density at radius 1 is 1.00 bits per heavy atom. The molecule has 0 aliphatic carbocycles. The second-order valence-corrected chi connectivity index (χ2v) is 6.29. The van der Waals surface area contributed by atoms with Gasteiger partial charge in [-0.05, 0) is 48.9 Å². The number of ether oxygens (including phenoxy) is 2. The molecule has 6 heteroatoms. The maximum absolute atomic E-state index is 12.3. The lowest BCUT2D eigenvalue weighted by atomic mass is 10.2. The second-order valence-electron chi connectivity index (χ2n) is 6.29. The molecule has 0 saturated carbocycles. The molecular formula is C21H19N3O3. The molecule has 1 aliphatic heterocycles. The zero-order valence-corrected chi connectivity index (χ0v) is 14.9. The Labute approximate surface area is 157 Å². The lowest BCUT2D eigenvalue weighted by Crippen LogP contribution is -2.13. The van der Waals surface area contributed by atoms with Crippen molar-refractivity contribution < 1.29 is 14.3 Å². The van der Waals surface area contributed by atoms with Gasteiger partial charge in [-0.25, -0.2) is 4.98 Å². The van der Waals surface area contributed by atoms with E-state index in [0.717, 1.165) is 34.0 Å². The molecule has 2 N–H and O–H groups in total. The highest BCUT2D eigenvalue weighted by molar-refractivity contribution is 6.02. The van der Waals surface area contributed by atoms with Gasteiger partial charge in [-0.3, -0.25) is 4.79 Å². The Balaban J connectivity index is 1.35. The standard InChI is InChI=1S/C21H19N3O3/c1-14-2-5-16(6-3-14)24-21(25)18-8-7-17(12-23-18)22-11-15-4-9-19-20(10-15)27-13-26-19/h2-10,12,22H,11,13H2,1H3,(H,24,25). The van der Waals surface area contributed by atoms with E-state index in [-0.39, 0.29) is 12.7 Å². The van der Waals surface area contributed by atoms with Gasteiger partial charge in [-0.1, -0.05) is 23.8 Å². The number of fused-ring (bicyclic) bond motifs is 1. The predicted molar refractivity (Wildman–Crippen MR) is 103 cm³/mol. The first-order chi connectivity index (χ1) is 13.2. The number of carbonyl (C=O) groups excluding carboxylic acids is 1. The van der Waals surface area contributed by atoms with Crippen LogP contribution >= 0.6 is 0 Å². The number of anilines is 2. The first-order valence-electron chi connectivity index (χ1n) is 8.64. The van der Waals surface area contributed by atoms with Crippen LogP contribution in [0.15, 0.2) is 60.8 Å². The number of hydrogen-bond donors (Lipinski definition) is 2. The van der Waals surface area contributed by atoms with E-state index in [1.807, 2.05) is 55.5 Å². The summed E-state index contributed by atoms with van der Waals surface area (Å²) >= 11 is 0. The monoisotopic (exact) mass is 361 g/mol. The van der Waals surface area contributed by atoms with Crippen LogP contribution in [0.4, 0.5) is 11.4 Å². The fraction of sp³-hybridized carbons (Fsp3) is 0.143. The van der Waals surface area contributed by atoms with E-state index in [1.165, 1.54) is 0 Å². The molecule has 6 nitrogen and oxygen atoms in total. The van der Waals surface area contributed by atoms with E-state index < -0.39 is 0 Å². The lowest BCUT2D eigenvalue weighted by Gasteiger charge is -2.08. The summed E-state index contributed by atoms with van der Waals surface area (Å²) in [6.07, 6.45) is 1.65.